The third-order valence-electron chi connectivity index (χ3n) is 4.22. The number of fused-ring (bicyclic) bond motifs is 1. The summed E-state index contributed by atoms with van der Waals surface area (Å²) in [7, 11) is 1.69. The number of rotatable bonds is 10. The van der Waals surface area contributed by atoms with E-state index in [1.165, 1.54) is 0 Å². The quantitative estimate of drug-likeness (QED) is 0.184. The molecule has 0 amide bonds. The maximum atomic E-state index is 5.76. The summed E-state index contributed by atoms with van der Waals surface area (Å²) in [5.74, 6) is 2.41. The van der Waals surface area contributed by atoms with Gasteiger partial charge in [-0.25, -0.2) is 4.99 Å². The van der Waals surface area contributed by atoms with Gasteiger partial charge in [-0.1, -0.05) is 18.2 Å². The fraction of sp³-hybridized carbons (Fsp3) is 0.381. The molecule has 0 fully saturated rings. The van der Waals surface area contributed by atoms with Gasteiger partial charge in [0.15, 0.2) is 17.4 Å². The molecular formula is C21H29IN6O2. The average Bonchev–Trinajstić information content (AvgIpc) is 3.17. The molecule has 2 heterocycles. The van der Waals surface area contributed by atoms with Crippen molar-refractivity contribution in [3.05, 3.63) is 60.0 Å². The van der Waals surface area contributed by atoms with Crippen molar-refractivity contribution in [2.24, 2.45) is 4.99 Å². The van der Waals surface area contributed by atoms with Crippen LogP contribution in [0, 0.1) is 0 Å². The lowest BCUT2D eigenvalue weighted by Gasteiger charge is -2.11. The predicted octanol–water partition coefficient (Wildman–Crippen LogP) is 3.02. The molecule has 3 rings (SSSR count). The molecule has 30 heavy (non-hydrogen) atoms. The van der Waals surface area contributed by atoms with E-state index < -0.39 is 0 Å². The SMILES string of the molecule is CCNC(=NCc1cccc(OCCCOC)c1)NCc1nnc2ccccn12.I. The van der Waals surface area contributed by atoms with Crippen LogP contribution in [0.15, 0.2) is 53.7 Å². The normalized spacial score (nSPS) is 11.2. The van der Waals surface area contributed by atoms with Crippen LogP contribution in [-0.4, -0.2) is 47.4 Å². The van der Waals surface area contributed by atoms with Gasteiger partial charge in [-0.2, -0.15) is 0 Å². The Morgan fingerprint density at radius 1 is 1.10 bits per heavy atom. The Bertz CT molecular complexity index is 931. The van der Waals surface area contributed by atoms with E-state index >= 15 is 0 Å². The van der Waals surface area contributed by atoms with Crippen molar-refractivity contribution in [2.45, 2.75) is 26.4 Å². The Morgan fingerprint density at radius 2 is 2.00 bits per heavy atom. The highest BCUT2D eigenvalue weighted by Gasteiger charge is 2.06. The summed E-state index contributed by atoms with van der Waals surface area (Å²) in [6, 6.07) is 13.8. The summed E-state index contributed by atoms with van der Waals surface area (Å²) in [6.45, 7) is 5.22. The first-order valence-corrected chi connectivity index (χ1v) is 9.81. The molecule has 0 aliphatic heterocycles. The molecule has 0 bridgehead atoms. The maximum Gasteiger partial charge on any atom is 0.191 e. The number of hydrogen-bond acceptors (Lipinski definition) is 5. The second-order valence-corrected chi connectivity index (χ2v) is 6.44. The van der Waals surface area contributed by atoms with Gasteiger partial charge in [-0.05, 0) is 36.8 Å². The zero-order valence-electron chi connectivity index (χ0n) is 17.4. The van der Waals surface area contributed by atoms with Crippen LogP contribution < -0.4 is 15.4 Å². The van der Waals surface area contributed by atoms with Crippen molar-refractivity contribution in [3.8, 4) is 5.75 Å². The van der Waals surface area contributed by atoms with Crippen LogP contribution in [-0.2, 0) is 17.8 Å². The fourth-order valence-corrected chi connectivity index (χ4v) is 2.81. The molecule has 1 aromatic carbocycles. The molecule has 0 aliphatic carbocycles. The molecule has 0 aliphatic rings. The highest BCUT2D eigenvalue weighted by Crippen LogP contribution is 2.14. The minimum Gasteiger partial charge on any atom is -0.493 e. The topological polar surface area (TPSA) is 85.1 Å². The van der Waals surface area contributed by atoms with E-state index in [-0.39, 0.29) is 24.0 Å². The van der Waals surface area contributed by atoms with E-state index in [1.54, 1.807) is 7.11 Å². The van der Waals surface area contributed by atoms with Gasteiger partial charge >= 0.3 is 0 Å². The fourth-order valence-electron chi connectivity index (χ4n) is 2.81. The molecule has 2 aromatic heterocycles. The molecule has 0 saturated heterocycles. The Balaban J connectivity index is 0.00000320. The van der Waals surface area contributed by atoms with Gasteiger partial charge in [0.1, 0.15) is 5.75 Å². The standard InChI is InChI=1S/C21H28N6O2.HI/c1-3-22-21(24-16-20-26-25-19-10-4-5-11-27(19)20)23-15-17-8-6-9-18(14-17)29-13-7-12-28-2;/h4-6,8-11,14H,3,7,12-13,15-16H2,1-2H3,(H2,22,23,24);1H. The van der Waals surface area contributed by atoms with E-state index in [0.717, 1.165) is 41.7 Å². The first-order chi connectivity index (χ1) is 14.3. The molecule has 0 unspecified atom stereocenters. The molecule has 8 nitrogen and oxygen atoms in total. The Morgan fingerprint density at radius 3 is 2.83 bits per heavy atom. The number of guanidine groups is 1. The molecule has 162 valence electrons. The van der Waals surface area contributed by atoms with E-state index in [2.05, 4.69) is 25.8 Å². The van der Waals surface area contributed by atoms with E-state index in [1.807, 2.05) is 60.0 Å². The summed E-state index contributed by atoms with van der Waals surface area (Å²) >= 11 is 0. The maximum absolute atomic E-state index is 5.76. The smallest absolute Gasteiger partial charge is 0.191 e. The average molecular weight is 524 g/mol. The predicted molar refractivity (Wildman–Crippen MR) is 128 cm³/mol. The number of aromatic nitrogens is 3. The summed E-state index contributed by atoms with van der Waals surface area (Å²) in [4.78, 5) is 4.68. The van der Waals surface area contributed by atoms with Crippen LogP contribution in [0.4, 0.5) is 0 Å². The zero-order chi connectivity index (χ0) is 20.3. The van der Waals surface area contributed by atoms with Crippen molar-refractivity contribution in [3.63, 3.8) is 0 Å². The molecule has 0 saturated carbocycles. The van der Waals surface area contributed by atoms with Crippen LogP contribution >= 0.6 is 24.0 Å². The number of methoxy groups -OCH3 is 1. The van der Waals surface area contributed by atoms with Crippen LogP contribution in [0.5, 0.6) is 5.75 Å². The summed E-state index contributed by atoms with van der Waals surface area (Å²) in [6.07, 6.45) is 2.82. The minimum absolute atomic E-state index is 0. The number of pyridine rings is 1. The summed E-state index contributed by atoms with van der Waals surface area (Å²) in [5, 5.41) is 15.0. The van der Waals surface area contributed by atoms with Crippen molar-refractivity contribution < 1.29 is 9.47 Å². The number of benzene rings is 1. The second-order valence-electron chi connectivity index (χ2n) is 6.44. The zero-order valence-corrected chi connectivity index (χ0v) is 19.7. The Hall–Kier alpha value is -2.40. The number of halogens is 1. The van der Waals surface area contributed by atoms with E-state index in [0.29, 0.717) is 26.3 Å². The minimum atomic E-state index is 0. The van der Waals surface area contributed by atoms with Crippen LogP contribution in [0.2, 0.25) is 0 Å². The molecule has 3 aromatic rings. The van der Waals surface area contributed by atoms with Gasteiger partial charge in [0.2, 0.25) is 0 Å². The third-order valence-corrected chi connectivity index (χ3v) is 4.22. The highest BCUT2D eigenvalue weighted by molar-refractivity contribution is 14.0. The molecule has 0 spiro atoms. The van der Waals surface area contributed by atoms with Crippen molar-refractivity contribution in [1.29, 1.82) is 0 Å². The van der Waals surface area contributed by atoms with Gasteiger partial charge < -0.3 is 20.1 Å². The Labute approximate surface area is 194 Å². The molecule has 2 N–H and O–H groups in total. The number of aliphatic imine (C=N–C) groups is 1. The lowest BCUT2D eigenvalue weighted by Crippen LogP contribution is -2.37. The van der Waals surface area contributed by atoms with Gasteiger partial charge in [-0.3, -0.25) is 4.40 Å². The monoisotopic (exact) mass is 524 g/mol. The van der Waals surface area contributed by atoms with Crippen LogP contribution in [0.1, 0.15) is 24.7 Å². The molecule has 0 radical (unpaired) electrons. The van der Waals surface area contributed by atoms with Crippen molar-refractivity contribution in [1.82, 2.24) is 25.2 Å². The first kappa shape index (κ1) is 23.9. The Kier molecular flexibility index (Phi) is 10.4. The van der Waals surface area contributed by atoms with Gasteiger partial charge in [0.25, 0.3) is 0 Å². The summed E-state index contributed by atoms with van der Waals surface area (Å²) < 4.78 is 12.8. The largest absolute Gasteiger partial charge is 0.493 e. The summed E-state index contributed by atoms with van der Waals surface area (Å²) in [5.41, 5.74) is 1.91. The number of nitrogens with zero attached hydrogens (tertiary/aromatic N) is 4. The van der Waals surface area contributed by atoms with Crippen molar-refractivity contribution >= 4 is 35.6 Å². The molecular weight excluding hydrogens is 495 g/mol. The number of ether oxygens (including phenoxy) is 2. The number of hydrogen-bond donors (Lipinski definition) is 2. The van der Waals surface area contributed by atoms with Gasteiger partial charge in [-0.15, -0.1) is 34.2 Å². The van der Waals surface area contributed by atoms with Crippen LogP contribution in [0.25, 0.3) is 5.65 Å². The molecule has 9 heteroatoms. The third kappa shape index (κ3) is 7.13. The van der Waals surface area contributed by atoms with Crippen molar-refractivity contribution in [2.75, 3.05) is 26.9 Å². The highest BCUT2D eigenvalue weighted by atomic mass is 127. The van der Waals surface area contributed by atoms with Crippen LogP contribution in [0.3, 0.4) is 0 Å². The lowest BCUT2D eigenvalue weighted by molar-refractivity contribution is 0.172. The van der Waals surface area contributed by atoms with Gasteiger partial charge in [0, 0.05) is 32.9 Å². The number of nitrogens with one attached hydrogen (secondary N) is 2. The molecule has 0 atom stereocenters. The lowest BCUT2D eigenvalue weighted by atomic mass is 10.2. The second kappa shape index (κ2) is 13.0. The van der Waals surface area contributed by atoms with Gasteiger partial charge in [0.05, 0.1) is 19.7 Å². The van der Waals surface area contributed by atoms with E-state index in [9.17, 15) is 0 Å². The van der Waals surface area contributed by atoms with E-state index in [4.69, 9.17) is 9.47 Å². The first-order valence-electron chi connectivity index (χ1n) is 9.81.